The first-order valence-corrected chi connectivity index (χ1v) is 11.2. The number of anilines is 1. The van der Waals surface area contributed by atoms with Crippen LogP contribution in [-0.2, 0) is 0 Å². The molecular formula is C24H29N3OS. The number of thiophene rings is 1. The van der Waals surface area contributed by atoms with Crippen LogP contribution in [0.4, 0.5) is 5.69 Å². The van der Waals surface area contributed by atoms with E-state index in [0.29, 0.717) is 0 Å². The molecular weight excluding hydrogens is 378 g/mol. The average molecular weight is 408 g/mol. The van der Waals surface area contributed by atoms with Gasteiger partial charge in [-0.2, -0.15) is 0 Å². The lowest BCUT2D eigenvalue weighted by Crippen LogP contribution is -2.47. The van der Waals surface area contributed by atoms with Crippen LogP contribution in [0.5, 0.6) is 0 Å². The molecule has 1 fully saturated rings. The zero-order valence-electron chi connectivity index (χ0n) is 17.3. The molecule has 4 rings (SSSR count). The molecule has 0 bridgehead atoms. The number of hydrogen-bond acceptors (Lipinski definition) is 4. The highest BCUT2D eigenvalue weighted by molar-refractivity contribution is 7.21. The maximum absolute atomic E-state index is 12.6. The summed E-state index contributed by atoms with van der Waals surface area (Å²) < 4.78 is 1.18. The number of piperazine rings is 1. The number of aryl methyl sites for hydroxylation is 2. The van der Waals surface area contributed by atoms with E-state index in [1.54, 1.807) is 11.3 Å². The molecule has 152 valence electrons. The van der Waals surface area contributed by atoms with Crippen molar-refractivity contribution in [1.29, 1.82) is 0 Å². The first-order valence-electron chi connectivity index (χ1n) is 10.4. The number of carbonyl (C=O) groups excluding carboxylic acids is 1. The lowest BCUT2D eigenvalue weighted by molar-refractivity contribution is 0.0955. The summed E-state index contributed by atoms with van der Waals surface area (Å²) in [6.07, 6.45) is 0.986. The Kier molecular flexibility index (Phi) is 6.16. The second kappa shape index (κ2) is 8.97. The topological polar surface area (TPSA) is 35.6 Å². The number of carbonyl (C=O) groups is 1. The molecule has 2 heterocycles. The fourth-order valence-electron chi connectivity index (χ4n) is 4.03. The lowest BCUT2D eigenvalue weighted by Gasteiger charge is -2.36. The molecule has 1 amide bonds. The molecule has 0 atom stereocenters. The zero-order valence-corrected chi connectivity index (χ0v) is 18.1. The molecule has 1 aliphatic heterocycles. The van der Waals surface area contributed by atoms with Gasteiger partial charge < -0.3 is 10.2 Å². The molecule has 0 aliphatic carbocycles. The molecule has 0 spiro atoms. The van der Waals surface area contributed by atoms with Crippen LogP contribution >= 0.6 is 11.3 Å². The van der Waals surface area contributed by atoms with E-state index in [1.165, 1.54) is 21.3 Å². The van der Waals surface area contributed by atoms with E-state index in [0.717, 1.165) is 56.1 Å². The van der Waals surface area contributed by atoms with Crippen molar-refractivity contribution in [3.05, 3.63) is 64.5 Å². The summed E-state index contributed by atoms with van der Waals surface area (Å²) in [5, 5.41) is 4.30. The molecule has 1 N–H and O–H groups in total. The normalized spacial score (nSPS) is 15.0. The van der Waals surface area contributed by atoms with Gasteiger partial charge in [0.2, 0.25) is 0 Å². The van der Waals surface area contributed by atoms with Gasteiger partial charge in [0.25, 0.3) is 5.91 Å². The van der Waals surface area contributed by atoms with Gasteiger partial charge in [0, 0.05) is 43.1 Å². The minimum atomic E-state index is 0.0629. The number of benzene rings is 2. The van der Waals surface area contributed by atoms with Gasteiger partial charge in [0.15, 0.2) is 0 Å². The summed E-state index contributed by atoms with van der Waals surface area (Å²) in [4.78, 5) is 18.4. The van der Waals surface area contributed by atoms with Gasteiger partial charge in [-0.1, -0.05) is 30.3 Å². The Morgan fingerprint density at radius 3 is 2.59 bits per heavy atom. The Hall–Kier alpha value is -2.37. The highest BCUT2D eigenvalue weighted by atomic mass is 32.1. The molecule has 1 saturated heterocycles. The van der Waals surface area contributed by atoms with Gasteiger partial charge in [-0.3, -0.25) is 9.69 Å². The second-order valence-electron chi connectivity index (χ2n) is 7.83. The van der Waals surface area contributed by atoms with E-state index < -0.39 is 0 Å². The monoisotopic (exact) mass is 407 g/mol. The molecule has 3 aromatic rings. The van der Waals surface area contributed by atoms with Gasteiger partial charge in [0.1, 0.15) is 0 Å². The van der Waals surface area contributed by atoms with Crippen LogP contribution in [0.15, 0.2) is 48.5 Å². The zero-order chi connectivity index (χ0) is 20.2. The second-order valence-corrected chi connectivity index (χ2v) is 8.88. The molecule has 2 aromatic carbocycles. The number of hydrogen-bond donors (Lipinski definition) is 1. The number of rotatable bonds is 6. The van der Waals surface area contributed by atoms with Crippen molar-refractivity contribution in [2.45, 2.75) is 20.3 Å². The van der Waals surface area contributed by atoms with Crippen molar-refractivity contribution in [3.8, 4) is 0 Å². The van der Waals surface area contributed by atoms with Crippen molar-refractivity contribution in [2.75, 3.05) is 44.2 Å². The Morgan fingerprint density at radius 1 is 1.03 bits per heavy atom. The first-order chi connectivity index (χ1) is 14.1. The summed E-state index contributed by atoms with van der Waals surface area (Å²) in [5.41, 5.74) is 3.74. The van der Waals surface area contributed by atoms with E-state index in [-0.39, 0.29) is 5.91 Å². The van der Waals surface area contributed by atoms with E-state index in [2.05, 4.69) is 58.4 Å². The lowest BCUT2D eigenvalue weighted by atomic mass is 10.1. The van der Waals surface area contributed by atoms with Crippen molar-refractivity contribution in [2.24, 2.45) is 0 Å². The van der Waals surface area contributed by atoms with Crippen molar-refractivity contribution >= 4 is 33.0 Å². The third kappa shape index (κ3) is 4.62. The number of fused-ring (bicyclic) bond motifs is 1. The molecule has 29 heavy (non-hydrogen) atoms. The van der Waals surface area contributed by atoms with E-state index in [1.807, 2.05) is 19.1 Å². The van der Waals surface area contributed by atoms with Crippen molar-refractivity contribution in [1.82, 2.24) is 10.2 Å². The molecule has 1 aromatic heterocycles. The van der Waals surface area contributed by atoms with Crippen LogP contribution in [0.2, 0.25) is 0 Å². The van der Waals surface area contributed by atoms with Gasteiger partial charge in [0.05, 0.1) is 4.88 Å². The fourth-order valence-corrected chi connectivity index (χ4v) is 5.16. The highest BCUT2D eigenvalue weighted by Crippen LogP contribution is 2.30. The number of nitrogens with zero attached hydrogens (tertiary/aromatic N) is 2. The van der Waals surface area contributed by atoms with Crippen LogP contribution in [0.1, 0.15) is 27.2 Å². The standard InChI is InChI=1S/C24H29N3OS/c1-18-7-5-8-20(17-18)27-15-13-26(14-16-27)12-6-11-25-24(28)23-19(2)21-9-3-4-10-22(21)29-23/h3-5,7-10,17H,6,11-16H2,1-2H3,(H,25,28). The van der Waals surface area contributed by atoms with E-state index in [4.69, 9.17) is 0 Å². The summed E-state index contributed by atoms with van der Waals surface area (Å²) in [6.45, 7) is 10.2. The summed E-state index contributed by atoms with van der Waals surface area (Å²) in [5.74, 6) is 0.0629. The van der Waals surface area contributed by atoms with Crippen LogP contribution in [0.3, 0.4) is 0 Å². The van der Waals surface area contributed by atoms with Gasteiger partial charge >= 0.3 is 0 Å². The minimum absolute atomic E-state index is 0.0629. The van der Waals surface area contributed by atoms with E-state index >= 15 is 0 Å². The molecule has 0 radical (unpaired) electrons. The van der Waals surface area contributed by atoms with Gasteiger partial charge in [-0.05, 0) is 61.5 Å². The number of nitrogens with one attached hydrogen (secondary N) is 1. The predicted octanol–water partition coefficient (Wildman–Crippen LogP) is 4.46. The maximum Gasteiger partial charge on any atom is 0.261 e. The maximum atomic E-state index is 12.6. The van der Waals surface area contributed by atoms with Crippen LogP contribution in [0, 0.1) is 13.8 Å². The Morgan fingerprint density at radius 2 is 1.83 bits per heavy atom. The first kappa shape index (κ1) is 19.9. The third-order valence-electron chi connectivity index (χ3n) is 5.73. The van der Waals surface area contributed by atoms with Crippen LogP contribution < -0.4 is 10.2 Å². The van der Waals surface area contributed by atoms with Crippen LogP contribution in [0.25, 0.3) is 10.1 Å². The largest absolute Gasteiger partial charge is 0.369 e. The molecule has 4 nitrogen and oxygen atoms in total. The number of amides is 1. The summed E-state index contributed by atoms with van der Waals surface area (Å²) in [6, 6.07) is 17.0. The fraction of sp³-hybridized carbons (Fsp3) is 0.375. The SMILES string of the molecule is Cc1cccc(N2CCN(CCCNC(=O)c3sc4ccccc4c3C)CC2)c1. The third-order valence-corrected chi connectivity index (χ3v) is 7.00. The Balaban J connectivity index is 1.21. The summed E-state index contributed by atoms with van der Waals surface area (Å²) >= 11 is 1.59. The molecule has 5 heteroatoms. The van der Waals surface area contributed by atoms with Gasteiger partial charge in [-0.25, -0.2) is 0 Å². The van der Waals surface area contributed by atoms with Crippen molar-refractivity contribution < 1.29 is 4.79 Å². The molecule has 0 unspecified atom stereocenters. The summed E-state index contributed by atoms with van der Waals surface area (Å²) in [7, 11) is 0. The minimum Gasteiger partial charge on any atom is -0.369 e. The quantitative estimate of drug-likeness (QED) is 0.613. The Bertz CT molecular complexity index is 989. The van der Waals surface area contributed by atoms with Crippen molar-refractivity contribution in [3.63, 3.8) is 0 Å². The highest BCUT2D eigenvalue weighted by Gasteiger charge is 2.18. The smallest absolute Gasteiger partial charge is 0.261 e. The average Bonchev–Trinajstić information content (AvgIpc) is 3.08. The van der Waals surface area contributed by atoms with Crippen LogP contribution in [-0.4, -0.2) is 50.1 Å². The molecule has 1 aliphatic rings. The molecule has 0 saturated carbocycles. The predicted molar refractivity (Wildman–Crippen MR) is 123 cm³/mol. The Labute approximate surface area is 177 Å². The van der Waals surface area contributed by atoms with Gasteiger partial charge in [-0.15, -0.1) is 11.3 Å². The van der Waals surface area contributed by atoms with E-state index in [9.17, 15) is 4.79 Å².